The van der Waals surface area contributed by atoms with Crippen molar-refractivity contribution in [3.63, 3.8) is 0 Å². The van der Waals surface area contributed by atoms with Crippen molar-refractivity contribution in [3.8, 4) is 0 Å². The van der Waals surface area contributed by atoms with E-state index in [2.05, 4.69) is 12.1 Å². The molecule has 2 heterocycles. The number of carbonyl (C=O) groups is 1. The first-order valence-electron chi connectivity index (χ1n) is 9.89. The lowest BCUT2D eigenvalue weighted by Crippen LogP contribution is -2.40. The fourth-order valence-corrected chi connectivity index (χ4v) is 3.80. The molecular weight excluding hydrogens is 352 g/mol. The van der Waals surface area contributed by atoms with Crippen molar-refractivity contribution in [2.75, 3.05) is 26.3 Å². The van der Waals surface area contributed by atoms with Crippen LogP contribution in [-0.2, 0) is 17.7 Å². The van der Waals surface area contributed by atoms with Crippen LogP contribution in [0.1, 0.15) is 22.3 Å². The van der Waals surface area contributed by atoms with Gasteiger partial charge in [0.25, 0.3) is 5.91 Å². The van der Waals surface area contributed by atoms with Crippen LogP contribution in [0, 0.1) is 0 Å². The molecule has 0 bridgehead atoms. The Morgan fingerprint density at radius 3 is 2.54 bits per heavy atom. The number of para-hydroxylation sites is 1. The van der Waals surface area contributed by atoms with Gasteiger partial charge in [-0.15, -0.1) is 0 Å². The van der Waals surface area contributed by atoms with E-state index in [-0.39, 0.29) is 5.91 Å². The van der Waals surface area contributed by atoms with Crippen LogP contribution in [0.2, 0.25) is 0 Å². The Labute approximate surface area is 165 Å². The Balaban J connectivity index is 1.51. The molecule has 0 spiro atoms. The zero-order valence-corrected chi connectivity index (χ0v) is 16.0. The van der Waals surface area contributed by atoms with Crippen LogP contribution in [0.5, 0.6) is 0 Å². The average Bonchev–Trinajstić information content (AvgIpc) is 3.11. The quantitative estimate of drug-likeness (QED) is 0.717. The van der Waals surface area contributed by atoms with E-state index in [1.165, 1.54) is 5.56 Å². The highest BCUT2D eigenvalue weighted by Crippen LogP contribution is 2.24. The highest BCUT2D eigenvalue weighted by molar-refractivity contribution is 6.07. The number of morpholine rings is 1. The van der Waals surface area contributed by atoms with Crippen LogP contribution >= 0.6 is 0 Å². The van der Waals surface area contributed by atoms with Gasteiger partial charge in [-0.25, -0.2) is 0 Å². The largest absolute Gasteiger partial charge is 0.391 e. The molecule has 3 aromatic rings. The second-order valence-electron chi connectivity index (χ2n) is 7.29. The van der Waals surface area contributed by atoms with Gasteiger partial charge in [0, 0.05) is 36.7 Å². The maximum atomic E-state index is 13.0. The smallest absolute Gasteiger partial charge is 0.256 e. The standard InChI is InChI=1S/C23H26N2O3/c26-19(11-10-18-6-2-1-3-7-18)16-25-17-21(20-8-4-5-9-22(20)25)23(27)24-12-14-28-15-13-24/h1-9,17,19,26H,10-16H2. The van der Waals surface area contributed by atoms with Crippen LogP contribution in [0.3, 0.4) is 0 Å². The maximum Gasteiger partial charge on any atom is 0.256 e. The minimum absolute atomic E-state index is 0.0389. The third-order valence-corrected chi connectivity index (χ3v) is 5.33. The van der Waals surface area contributed by atoms with E-state index >= 15 is 0 Å². The minimum atomic E-state index is -0.470. The fourth-order valence-electron chi connectivity index (χ4n) is 3.80. The molecule has 146 valence electrons. The van der Waals surface area contributed by atoms with Gasteiger partial charge in [0.15, 0.2) is 0 Å². The van der Waals surface area contributed by atoms with Crippen molar-refractivity contribution >= 4 is 16.8 Å². The van der Waals surface area contributed by atoms with Crippen LogP contribution in [-0.4, -0.2) is 52.9 Å². The number of amides is 1. The summed E-state index contributed by atoms with van der Waals surface area (Å²) in [6.45, 7) is 2.89. The van der Waals surface area contributed by atoms with Gasteiger partial charge in [0.05, 0.1) is 24.9 Å². The molecule has 0 radical (unpaired) electrons. The molecule has 1 atom stereocenters. The summed E-state index contributed by atoms with van der Waals surface area (Å²) in [6.07, 6.45) is 2.94. The number of rotatable bonds is 6. The molecule has 2 aromatic carbocycles. The molecule has 28 heavy (non-hydrogen) atoms. The number of carbonyl (C=O) groups excluding carboxylic acids is 1. The van der Waals surface area contributed by atoms with Crippen molar-refractivity contribution in [1.82, 2.24) is 9.47 Å². The molecular formula is C23H26N2O3. The average molecular weight is 378 g/mol. The third kappa shape index (κ3) is 4.11. The molecule has 1 saturated heterocycles. The molecule has 5 nitrogen and oxygen atoms in total. The molecule has 1 N–H and O–H groups in total. The topological polar surface area (TPSA) is 54.7 Å². The van der Waals surface area contributed by atoms with E-state index in [9.17, 15) is 9.90 Å². The highest BCUT2D eigenvalue weighted by Gasteiger charge is 2.23. The van der Waals surface area contributed by atoms with Crippen molar-refractivity contribution in [1.29, 1.82) is 0 Å². The Kier molecular flexibility index (Phi) is 5.74. The summed E-state index contributed by atoms with van der Waals surface area (Å²) in [6, 6.07) is 18.1. The zero-order chi connectivity index (χ0) is 19.3. The number of fused-ring (bicyclic) bond motifs is 1. The summed E-state index contributed by atoms with van der Waals surface area (Å²) < 4.78 is 7.37. The van der Waals surface area contributed by atoms with E-state index in [0.29, 0.717) is 44.8 Å². The van der Waals surface area contributed by atoms with Gasteiger partial charge in [-0.05, 0) is 24.5 Å². The minimum Gasteiger partial charge on any atom is -0.391 e. The van der Waals surface area contributed by atoms with Crippen LogP contribution in [0.15, 0.2) is 60.8 Å². The first-order valence-corrected chi connectivity index (χ1v) is 9.89. The fraction of sp³-hybridized carbons (Fsp3) is 0.348. The number of benzene rings is 2. The number of aliphatic hydroxyl groups excluding tert-OH is 1. The monoisotopic (exact) mass is 378 g/mol. The molecule has 5 heteroatoms. The van der Waals surface area contributed by atoms with Gasteiger partial charge in [0.2, 0.25) is 0 Å². The third-order valence-electron chi connectivity index (χ3n) is 5.33. The summed E-state index contributed by atoms with van der Waals surface area (Å²) in [5.74, 6) is 0.0389. The van der Waals surface area contributed by atoms with Crippen LogP contribution in [0.25, 0.3) is 10.9 Å². The first-order chi connectivity index (χ1) is 13.7. The summed E-state index contributed by atoms with van der Waals surface area (Å²) in [5.41, 5.74) is 2.91. The van der Waals surface area contributed by atoms with E-state index < -0.39 is 6.10 Å². The Morgan fingerprint density at radius 1 is 1.04 bits per heavy atom. The summed E-state index contributed by atoms with van der Waals surface area (Å²) in [4.78, 5) is 14.9. The molecule has 1 unspecified atom stereocenters. The molecule has 1 aliphatic rings. The van der Waals surface area contributed by atoms with Crippen molar-refractivity contribution in [2.45, 2.75) is 25.5 Å². The van der Waals surface area contributed by atoms with Crippen LogP contribution in [0.4, 0.5) is 0 Å². The van der Waals surface area contributed by atoms with Gasteiger partial charge >= 0.3 is 0 Å². The molecule has 1 aliphatic heterocycles. The van der Waals surface area contributed by atoms with E-state index in [1.54, 1.807) is 0 Å². The molecule has 1 aromatic heterocycles. The summed E-state index contributed by atoms with van der Waals surface area (Å²) in [5, 5.41) is 11.5. The SMILES string of the molecule is O=C(c1cn(CC(O)CCc2ccccc2)c2ccccc12)N1CCOCC1. The van der Waals surface area contributed by atoms with E-state index in [0.717, 1.165) is 17.3 Å². The zero-order valence-electron chi connectivity index (χ0n) is 16.0. The highest BCUT2D eigenvalue weighted by atomic mass is 16.5. The number of aromatic nitrogens is 1. The lowest BCUT2D eigenvalue weighted by atomic mass is 10.1. The molecule has 1 amide bonds. The Hall–Kier alpha value is -2.63. The van der Waals surface area contributed by atoms with Gasteiger partial charge in [-0.2, -0.15) is 0 Å². The predicted octanol–water partition coefficient (Wildman–Crippen LogP) is 3.11. The van der Waals surface area contributed by atoms with Gasteiger partial charge < -0.3 is 19.3 Å². The lowest BCUT2D eigenvalue weighted by molar-refractivity contribution is 0.0304. The van der Waals surface area contributed by atoms with Crippen molar-refractivity contribution in [2.24, 2.45) is 0 Å². The normalized spacial score (nSPS) is 15.7. The van der Waals surface area contributed by atoms with E-state index in [4.69, 9.17) is 4.74 Å². The number of aliphatic hydroxyl groups is 1. The lowest BCUT2D eigenvalue weighted by Gasteiger charge is -2.26. The number of nitrogens with zero attached hydrogens (tertiary/aromatic N) is 2. The van der Waals surface area contributed by atoms with Gasteiger partial charge in [0.1, 0.15) is 0 Å². The number of hydrogen-bond acceptors (Lipinski definition) is 3. The molecule has 0 aliphatic carbocycles. The predicted molar refractivity (Wildman–Crippen MR) is 109 cm³/mol. The maximum absolute atomic E-state index is 13.0. The van der Waals surface area contributed by atoms with Gasteiger partial charge in [-0.1, -0.05) is 48.5 Å². The molecule has 4 rings (SSSR count). The Morgan fingerprint density at radius 2 is 1.75 bits per heavy atom. The van der Waals surface area contributed by atoms with Crippen LogP contribution < -0.4 is 0 Å². The second-order valence-corrected chi connectivity index (χ2v) is 7.29. The summed E-state index contributed by atoms with van der Waals surface area (Å²) in [7, 11) is 0. The second kappa shape index (κ2) is 8.59. The van der Waals surface area contributed by atoms with Gasteiger partial charge in [-0.3, -0.25) is 4.79 Å². The number of hydrogen-bond donors (Lipinski definition) is 1. The first kappa shape index (κ1) is 18.7. The summed E-state index contributed by atoms with van der Waals surface area (Å²) >= 11 is 0. The molecule has 0 saturated carbocycles. The number of ether oxygens (including phenoxy) is 1. The van der Waals surface area contributed by atoms with Crippen molar-refractivity contribution in [3.05, 3.63) is 71.9 Å². The Bertz CT molecular complexity index is 929. The molecule has 1 fully saturated rings. The number of aryl methyl sites for hydroxylation is 1. The van der Waals surface area contributed by atoms with E-state index in [1.807, 2.05) is 58.1 Å². The van der Waals surface area contributed by atoms with Crippen molar-refractivity contribution < 1.29 is 14.6 Å².